The van der Waals surface area contributed by atoms with Gasteiger partial charge >= 0.3 is 0 Å². The van der Waals surface area contributed by atoms with Gasteiger partial charge in [0.15, 0.2) is 0 Å². The van der Waals surface area contributed by atoms with Gasteiger partial charge in [0, 0.05) is 13.7 Å². The quantitative estimate of drug-likeness (QED) is 0.756. The molecule has 0 spiro atoms. The molecule has 0 aromatic carbocycles. The minimum atomic E-state index is 0.0950. The first-order valence-electron chi connectivity index (χ1n) is 6.73. The average molecular weight is 228 g/mol. The van der Waals surface area contributed by atoms with Crippen molar-refractivity contribution in [3.8, 4) is 0 Å². The van der Waals surface area contributed by atoms with Crippen molar-refractivity contribution >= 4 is 0 Å². The summed E-state index contributed by atoms with van der Waals surface area (Å²) in [5.74, 6) is 0. The zero-order valence-electron chi connectivity index (χ0n) is 11.2. The molecule has 2 N–H and O–H groups in total. The summed E-state index contributed by atoms with van der Waals surface area (Å²) in [5, 5.41) is 0. The molecule has 0 saturated heterocycles. The maximum absolute atomic E-state index is 6.09. The van der Waals surface area contributed by atoms with E-state index in [0.29, 0.717) is 6.10 Å². The zero-order valence-corrected chi connectivity index (χ0v) is 11.2. The summed E-state index contributed by atoms with van der Waals surface area (Å²) in [4.78, 5) is 2.54. The van der Waals surface area contributed by atoms with Crippen molar-refractivity contribution in [3.05, 3.63) is 0 Å². The molecule has 16 heavy (non-hydrogen) atoms. The van der Waals surface area contributed by atoms with Crippen molar-refractivity contribution in [1.82, 2.24) is 4.90 Å². The second-order valence-electron chi connectivity index (χ2n) is 4.86. The van der Waals surface area contributed by atoms with E-state index in [2.05, 4.69) is 18.7 Å². The van der Waals surface area contributed by atoms with E-state index in [1.54, 1.807) is 0 Å². The van der Waals surface area contributed by atoms with Crippen LogP contribution in [0.25, 0.3) is 0 Å². The van der Waals surface area contributed by atoms with E-state index in [-0.39, 0.29) is 5.54 Å². The van der Waals surface area contributed by atoms with Gasteiger partial charge in [-0.15, -0.1) is 0 Å². The Morgan fingerprint density at radius 2 is 2.12 bits per heavy atom. The van der Waals surface area contributed by atoms with Crippen LogP contribution in [0, 0.1) is 0 Å². The predicted molar refractivity (Wildman–Crippen MR) is 68.6 cm³/mol. The minimum Gasteiger partial charge on any atom is -0.379 e. The van der Waals surface area contributed by atoms with E-state index in [9.17, 15) is 0 Å². The third-order valence-electron chi connectivity index (χ3n) is 4.07. The van der Waals surface area contributed by atoms with Gasteiger partial charge in [-0.2, -0.15) is 0 Å². The SMILES string of the molecule is CCCN(CC)C1(CN)CCCCC1OC. The highest BCUT2D eigenvalue weighted by molar-refractivity contribution is 5.00. The van der Waals surface area contributed by atoms with Gasteiger partial charge in [0.05, 0.1) is 11.6 Å². The van der Waals surface area contributed by atoms with Crippen LogP contribution in [0.1, 0.15) is 46.0 Å². The molecule has 96 valence electrons. The molecule has 1 rings (SSSR count). The third-order valence-corrected chi connectivity index (χ3v) is 4.07. The lowest BCUT2D eigenvalue weighted by atomic mass is 9.77. The first-order chi connectivity index (χ1) is 7.75. The molecule has 1 fully saturated rings. The minimum absolute atomic E-state index is 0.0950. The van der Waals surface area contributed by atoms with Crippen LogP contribution in [0.3, 0.4) is 0 Å². The van der Waals surface area contributed by atoms with Crippen LogP contribution in [0.15, 0.2) is 0 Å². The summed E-state index contributed by atoms with van der Waals surface area (Å²) in [6, 6.07) is 0. The molecule has 0 amide bonds. The van der Waals surface area contributed by atoms with Crippen molar-refractivity contribution < 1.29 is 4.74 Å². The van der Waals surface area contributed by atoms with Crippen molar-refractivity contribution in [2.75, 3.05) is 26.7 Å². The van der Waals surface area contributed by atoms with Crippen molar-refractivity contribution in [1.29, 1.82) is 0 Å². The maximum Gasteiger partial charge on any atom is 0.0767 e. The van der Waals surface area contributed by atoms with Crippen LogP contribution >= 0.6 is 0 Å². The molecule has 0 radical (unpaired) electrons. The van der Waals surface area contributed by atoms with E-state index in [1.807, 2.05) is 7.11 Å². The van der Waals surface area contributed by atoms with E-state index >= 15 is 0 Å². The normalized spacial score (nSPS) is 30.9. The van der Waals surface area contributed by atoms with Crippen LogP contribution in [0.5, 0.6) is 0 Å². The molecular formula is C13H28N2O. The number of hydrogen-bond donors (Lipinski definition) is 1. The summed E-state index contributed by atoms with van der Waals surface area (Å²) < 4.78 is 5.71. The highest BCUT2D eigenvalue weighted by Crippen LogP contribution is 2.35. The highest BCUT2D eigenvalue weighted by atomic mass is 16.5. The summed E-state index contributed by atoms with van der Waals surface area (Å²) in [5.41, 5.74) is 6.18. The van der Waals surface area contributed by atoms with Gasteiger partial charge in [-0.1, -0.05) is 26.7 Å². The Kier molecular flexibility index (Phi) is 5.73. The molecule has 0 bridgehead atoms. The lowest BCUT2D eigenvalue weighted by molar-refractivity contribution is -0.0737. The first kappa shape index (κ1) is 13.9. The Morgan fingerprint density at radius 3 is 2.62 bits per heavy atom. The largest absolute Gasteiger partial charge is 0.379 e. The monoisotopic (exact) mass is 228 g/mol. The number of nitrogens with two attached hydrogens (primary N) is 1. The predicted octanol–water partition coefficient (Wildman–Crippen LogP) is 2.00. The van der Waals surface area contributed by atoms with Crippen LogP contribution < -0.4 is 5.73 Å². The lowest BCUT2D eigenvalue weighted by Gasteiger charge is -2.50. The van der Waals surface area contributed by atoms with Gasteiger partial charge in [-0.25, -0.2) is 0 Å². The highest BCUT2D eigenvalue weighted by Gasteiger charge is 2.43. The summed E-state index contributed by atoms with van der Waals surface area (Å²) in [6.45, 7) is 7.39. The molecule has 0 aromatic rings. The Balaban J connectivity index is 2.85. The second kappa shape index (κ2) is 6.58. The second-order valence-corrected chi connectivity index (χ2v) is 4.86. The molecule has 2 unspecified atom stereocenters. The first-order valence-corrected chi connectivity index (χ1v) is 6.73. The Labute approximate surface area is 100 Å². The fourth-order valence-corrected chi connectivity index (χ4v) is 3.22. The molecule has 1 saturated carbocycles. The molecule has 3 heteroatoms. The molecule has 1 aliphatic rings. The molecule has 0 heterocycles. The topological polar surface area (TPSA) is 38.5 Å². The van der Waals surface area contributed by atoms with Gasteiger partial charge in [-0.3, -0.25) is 4.90 Å². The summed E-state index contributed by atoms with van der Waals surface area (Å²) >= 11 is 0. The standard InChI is InChI=1S/C13H28N2O/c1-4-10-15(5-2)13(11-14)9-7-6-8-12(13)16-3/h12H,4-11,14H2,1-3H3. The molecular weight excluding hydrogens is 200 g/mol. The summed E-state index contributed by atoms with van der Waals surface area (Å²) in [6.07, 6.45) is 6.43. The van der Waals surface area contributed by atoms with Crippen LogP contribution in [-0.4, -0.2) is 43.3 Å². The fourth-order valence-electron chi connectivity index (χ4n) is 3.22. The number of methoxy groups -OCH3 is 1. The van der Waals surface area contributed by atoms with Crippen molar-refractivity contribution in [2.24, 2.45) is 5.73 Å². The number of nitrogens with zero attached hydrogens (tertiary/aromatic N) is 1. The fraction of sp³-hybridized carbons (Fsp3) is 1.00. The smallest absolute Gasteiger partial charge is 0.0767 e. The van der Waals surface area contributed by atoms with Gasteiger partial charge in [0.2, 0.25) is 0 Å². The Hall–Kier alpha value is -0.120. The van der Waals surface area contributed by atoms with E-state index in [0.717, 1.165) is 26.1 Å². The van der Waals surface area contributed by atoms with Crippen molar-refractivity contribution in [2.45, 2.75) is 57.6 Å². The molecule has 0 aromatic heterocycles. The van der Waals surface area contributed by atoms with Gasteiger partial charge in [0.25, 0.3) is 0 Å². The third kappa shape index (κ3) is 2.58. The van der Waals surface area contributed by atoms with E-state index < -0.39 is 0 Å². The number of rotatable bonds is 6. The maximum atomic E-state index is 6.09. The molecule has 3 nitrogen and oxygen atoms in total. The molecule has 0 aliphatic heterocycles. The van der Waals surface area contributed by atoms with E-state index in [4.69, 9.17) is 10.5 Å². The number of likely N-dealkylation sites (N-methyl/N-ethyl adjacent to an activating group) is 1. The Morgan fingerprint density at radius 1 is 1.38 bits per heavy atom. The van der Waals surface area contributed by atoms with Gasteiger partial charge in [-0.05, 0) is 32.4 Å². The van der Waals surface area contributed by atoms with Crippen LogP contribution in [0.2, 0.25) is 0 Å². The lowest BCUT2D eigenvalue weighted by Crippen LogP contribution is -2.63. The number of ether oxygens (including phenoxy) is 1. The number of hydrogen-bond acceptors (Lipinski definition) is 3. The Bertz CT molecular complexity index is 198. The van der Waals surface area contributed by atoms with Gasteiger partial charge < -0.3 is 10.5 Å². The van der Waals surface area contributed by atoms with Crippen LogP contribution in [-0.2, 0) is 4.74 Å². The summed E-state index contributed by atoms with van der Waals surface area (Å²) in [7, 11) is 1.83. The van der Waals surface area contributed by atoms with Gasteiger partial charge in [0.1, 0.15) is 0 Å². The molecule has 1 aliphatic carbocycles. The average Bonchev–Trinajstić information content (AvgIpc) is 2.35. The van der Waals surface area contributed by atoms with Crippen molar-refractivity contribution in [3.63, 3.8) is 0 Å². The van der Waals surface area contributed by atoms with E-state index in [1.165, 1.54) is 25.7 Å². The van der Waals surface area contributed by atoms with Crippen LogP contribution in [0.4, 0.5) is 0 Å². The molecule has 2 atom stereocenters. The zero-order chi connectivity index (χ0) is 12.0.